The summed E-state index contributed by atoms with van der Waals surface area (Å²) in [6, 6.07) is 29.4. The van der Waals surface area contributed by atoms with Crippen molar-refractivity contribution in [2.75, 3.05) is 10.2 Å². The Hall–Kier alpha value is -3.69. The number of nitrogens with zero attached hydrogens (tertiary/aromatic N) is 3. The number of phenols is 1. The first-order chi connectivity index (χ1) is 16.6. The third-order valence-electron chi connectivity index (χ3n) is 6.20. The molecule has 3 heterocycles. The van der Waals surface area contributed by atoms with Crippen LogP contribution in [0.3, 0.4) is 0 Å². The Morgan fingerprint density at radius 1 is 0.914 bits per heavy atom. The largest absolute Gasteiger partial charge is 0.506 e. The van der Waals surface area contributed by atoms with Crippen molar-refractivity contribution in [1.29, 1.82) is 0 Å². The van der Waals surface area contributed by atoms with E-state index in [1.807, 2.05) is 54.7 Å². The van der Waals surface area contributed by atoms with Crippen LogP contribution in [0.25, 0.3) is 22.2 Å². The summed E-state index contributed by atoms with van der Waals surface area (Å²) in [4.78, 5) is 11.6. The predicted molar refractivity (Wildman–Crippen MR) is 138 cm³/mol. The van der Waals surface area contributed by atoms with E-state index in [2.05, 4.69) is 54.4 Å². The summed E-state index contributed by atoms with van der Waals surface area (Å²) in [6.45, 7) is 4.37. The summed E-state index contributed by atoms with van der Waals surface area (Å²) in [5.74, 6) is 1.41. The minimum absolute atomic E-state index is 0. The van der Waals surface area contributed by atoms with Gasteiger partial charge in [-0.05, 0) is 58.9 Å². The van der Waals surface area contributed by atoms with Crippen molar-refractivity contribution in [1.82, 2.24) is 9.97 Å². The number of aromatic hydroxyl groups is 1. The Labute approximate surface area is 218 Å². The van der Waals surface area contributed by atoms with Gasteiger partial charge in [-0.25, -0.2) is 4.98 Å². The van der Waals surface area contributed by atoms with Gasteiger partial charge in [0.05, 0.1) is 11.4 Å². The minimum atomic E-state index is 0. The maximum Gasteiger partial charge on any atom is 0.140 e. The molecule has 5 aromatic rings. The Balaban J connectivity index is 0.00000253. The Morgan fingerprint density at radius 2 is 1.77 bits per heavy atom. The fourth-order valence-electron chi connectivity index (χ4n) is 4.38. The van der Waals surface area contributed by atoms with E-state index in [4.69, 9.17) is 9.97 Å². The third-order valence-corrected chi connectivity index (χ3v) is 6.20. The number of aromatic nitrogens is 2. The zero-order valence-electron chi connectivity index (χ0n) is 19.3. The van der Waals surface area contributed by atoms with Crippen LogP contribution in [0.2, 0.25) is 0 Å². The van der Waals surface area contributed by atoms with Gasteiger partial charge in [0.2, 0.25) is 0 Å². The van der Waals surface area contributed by atoms with E-state index >= 15 is 0 Å². The van der Waals surface area contributed by atoms with Crippen molar-refractivity contribution in [2.45, 2.75) is 19.8 Å². The van der Waals surface area contributed by atoms with Crippen LogP contribution in [0.5, 0.6) is 5.75 Å². The summed E-state index contributed by atoms with van der Waals surface area (Å²) in [5, 5.41) is 14.7. The van der Waals surface area contributed by atoms with Gasteiger partial charge in [0.15, 0.2) is 0 Å². The van der Waals surface area contributed by atoms with E-state index < -0.39 is 0 Å². The zero-order chi connectivity index (χ0) is 23.2. The first-order valence-electron chi connectivity index (χ1n) is 11.4. The van der Waals surface area contributed by atoms with Crippen LogP contribution in [0.15, 0.2) is 85.1 Å². The maximum atomic E-state index is 10.3. The number of rotatable bonds is 3. The number of nitrogens with one attached hydrogen (secondary N) is 1. The summed E-state index contributed by atoms with van der Waals surface area (Å²) >= 11 is 0. The average molecular weight is 639 g/mol. The molecule has 2 aromatic heterocycles. The van der Waals surface area contributed by atoms with Gasteiger partial charge >= 0.3 is 0 Å². The fourth-order valence-corrected chi connectivity index (χ4v) is 4.38. The van der Waals surface area contributed by atoms with Crippen LogP contribution in [-0.2, 0) is 21.1 Å². The van der Waals surface area contributed by atoms with Crippen molar-refractivity contribution in [2.24, 2.45) is 0 Å². The molecule has 0 atom stereocenters. The van der Waals surface area contributed by atoms with Gasteiger partial charge in [-0.3, -0.25) is 4.98 Å². The van der Waals surface area contributed by atoms with Crippen LogP contribution in [0.1, 0.15) is 25.3 Å². The molecule has 1 aliphatic rings. The normalized spacial score (nSPS) is 12.0. The second kappa shape index (κ2) is 9.16. The second-order valence-corrected chi connectivity index (χ2v) is 8.76. The van der Waals surface area contributed by atoms with Gasteiger partial charge in [0.25, 0.3) is 0 Å². The minimum Gasteiger partial charge on any atom is -0.506 e. The number of para-hydroxylation sites is 3. The van der Waals surface area contributed by atoms with Gasteiger partial charge in [-0.2, -0.15) is 0 Å². The molecule has 0 unspecified atom stereocenters. The standard InChI is InChI=1S/C29H23N4O.Pt/c1-18(2)20-14-15-30-28(17-20)33-25-8-4-3-7-23(25)31-24-13-11-21(16-26(24)33)22-12-10-19-6-5-9-27(34)29(19)32-22;/h3-15,17-18,31,34H,1-2H3;/q-1;. The van der Waals surface area contributed by atoms with Crippen molar-refractivity contribution >= 4 is 39.5 Å². The molecule has 0 saturated heterocycles. The fraction of sp³-hybridized carbons (Fsp3) is 0.103. The van der Waals surface area contributed by atoms with Gasteiger partial charge in [-0.15, -0.1) is 23.8 Å². The topological polar surface area (TPSA) is 61.3 Å². The molecule has 0 radical (unpaired) electrons. The molecule has 0 aliphatic carbocycles. The van der Waals surface area contributed by atoms with Gasteiger partial charge in [0.1, 0.15) is 17.1 Å². The molecule has 0 amide bonds. The monoisotopic (exact) mass is 638 g/mol. The molecule has 0 fully saturated rings. The predicted octanol–water partition coefficient (Wildman–Crippen LogP) is 7.45. The Kier molecular flexibility index (Phi) is 6.04. The number of hydrogen-bond donors (Lipinski definition) is 2. The number of phenolic OH excluding ortho intramolecular Hbond substituents is 1. The molecule has 5 nitrogen and oxygen atoms in total. The molecule has 2 N–H and O–H groups in total. The van der Waals surface area contributed by atoms with Crippen molar-refractivity contribution in [3.05, 3.63) is 96.7 Å². The van der Waals surface area contributed by atoms with Crippen molar-refractivity contribution < 1.29 is 26.2 Å². The summed E-state index contributed by atoms with van der Waals surface area (Å²) in [5.41, 5.74) is 7.26. The molecule has 0 saturated carbocycles. The van der Waals surface area contributed by atoms with Gasteiger partial charge in [0, 0.05) is 32.6 Å². The molecular formula is C29H23N4OPt-. The molecule has 0 spiro atoms. The van der Waals surface area contributed by atoms with Crippen LogP contribution in [-0.4, -0.2) is 15.1 Å². The van der Waals surface area contributed by atoms with E-state index in [1.165, 1.54) is 5.56 Å². The molecule has 35 heavy (non-hydrogen) atoms. The van der Waals surface area contributed by atoms with E-state index in [0.717, 1.165) is 45.2 Å². The number of anilines is 5. The van der Waals surface area contributed by atoms with E-state index in [-0.39, 0.29) is 26.8 Å². The van der Waals surface area contributed by atoms with Gasteiger partial charge in [-0.1, -0.05) is 50.2 Å². The number of fused-ring (bicyclic) bond motifs is 3. The van der Waals surface area contributed by atoms with Crippen LogP contribution in [0, 0.1) is 6.07 Å². The first-order valence-corrected chi connectivity index (χ1v) is 11.4. The molecule has 3 aromatic carbocycles. The molecule has 1 aliphatic heterocycles. The third kappa shape index (κ3) is 4.06. The molecular weight excluding hydrogens is 615 g/mol. The van der Waals surface area contributed by atoms with Crippen molar-refractivity contribution in [3.8, 4) is 17.0 Å². The SMILES string of the molecule is CC(C)c1ccnc(N2c3[c-]c(-c4ccc5cccc(O)c5n4)ccc3Nc3ccccc32)c1.[Pt]. The van der Waals surface area contributed by atoms with E-state index in [0.29, 0.717) is 11.4 Å². The summed E-state index contributed by atoms with van der Waals surface area (Å²) < 4.78 is 0. The molecule has 0 bridgehead atoms. The van der Waals surface area contributed by atoms with Crippen LogP contribution in [0.4, 0.5) is 28.6 Å². The zero-order valence-corrected chi connectivity index (χ0v) is 21.5. The van der Waals surface area contributed by atoms with E-state index in [9.17, 15) is 5.11 Å². The number of benzene rings is 3. The second-order valence-electron chi connectivity index (χ2n) is 8.76. The van der Waals surface area contributed by atoms with Crippen molar-refractivity contribution in [3.63, 3.8) is 0 Å². The van der Waals surface area contributed by atoms with Crippen LogP contribution >= 0.6 is 0 Å². The number of hydrogen-bond acceptors (Lipinski definition) is 5. The van der Waals surface area contributed by atoms with Crippen LogP contribution < -0.4 is 10.2 Å². The molecule has 6 rings (SSSR count). The average Bonchev–Trinajstić information content (AvgIpc) is 2.87. The maximum absolute atomic E-state index is 10.3. The quantitative estimate of drug-likeness (QED) is 0.197. The number of pyridine rings is 2. The Morgan fingerprint density at radius 3 is 2.63 bits per heavy atom. The molecule has 176 valence electrons. The van der Waals surface area contributed by atoms with Gasteiger partial charge < -0.3 is 15.3 Å². The summed E-state index contributed by atoms with van der Waals surface area (Å²) in [6.07, 6.45) is 1.87. The summed E-state index contributed by atoms with van der Waals surface area (Å²) in [7, 11) is 0. The smallest absolute Gasteiger partial charge is 0.140 e. The first kappa shape index (κ1) is 23.1. The Bertz CT molecular complexity index is 1550. The van der Waals surface area contributed by atoms with E-state index in [1.54, 1.807) is 6.07 Å². The molecule has 6 heteroatoms.